The zero-order valence-electron chi connectivity index (χ0n) is 15.7. The monoisotopic (exact) mass is 361 g/mol. The van der Waals surface area contributed by atoms with Crippen molar-refractivity contribution in [2.45, 2.75) is 26.3 Å². The molecule has 1 saturated heterocycles. The summed E-state index contributed by atoms with van der Waals surface area (Å²) in [6.45, 7) is 9.88. The van der Waals surface area contributed by atoms with Crippen LogP contribution in [0.1, 0.15) is 25.3 Å². The van der Waals surface area contributed by atoms with E-state index in [1.54, 1.807) is 6.20 Å². The van der Waals surface area contributed by atoms with Crippen LogP contribution in [0, 0.1) is 5.92 Å². The van der Waals surface area contributed by atoms with Crippen LogP contribution in [-0.4, -0.2) is 68.4 Å². The number of aromatic nitrogens is 1. The van der Waals surface area contributed by atoms with Crippen LogP contribution >= 0.6 is 0 Å². The molecule has 0 bridgehead atoms. The van der Waals surface area contributed by atoms with Crippen LogP contribution in [0.2, 0.25) is 0 Å². The summed E-state index contributed by atoms with van der Waals surface area (Å²) < 4.78 is 11.1. The maximum atomic E-state index is 5.75. The largest absolute Gasteiger partial charge is 0.477 e. The average Bonchev–Trinajstić information content (AvgIpc) is 3.50. The summed E-state index contributed by atoms with van der Waals surface area (Å²) in [6, 6.07) is 3.98. The van der Waals surface area contributed by atoms with Crippen molar-refractivity contribution in [3.05, 3.63) is 23.9 Å². The van der Waals surface area contributed by atoms with Crippen molar-refractivity contribution in [3.8, 4) is 5.88 Å². The van der Waals surface area contributed by atoms with Gasteiger partial charge in [0.2, 0.25) is 5.88 Å². The van der Waals surface area contributed by atoms with Crippen molar-refractivity contribution < 1.29 is 9.47 Å². The molecule has 2 heterocycles. The number of hydrogen-bond donors (Lipinski definition) is 2. The Morgan fingerprint density at radius 2 is 2.19 bits per heavy atom. The molecular weight excluding hydrogens is 330 g/mol. The Bertz CT molecular complexity index is 571. The van der Waals surface area contributed by atoms with Gasteiger partial charge in [-0.25, -0.2) is 9.98 Å². The number of ether oxygens (including phenoxy) is 2. The highest BCUT2D eigenvalue weighted by molar-refractivity contribution is 5.79. The molecule has 0 spiro atoms. The minimum atomic E-state index is 0.606. The van der Waals surface area contributed by atoms with Crippen LogP contribution < -0.4 is 15.4 Å². The van der Waals surface area contributed by atoms with Crippen molar-refractivity contribution in [2.24, 2.45) is 10.9 Å². The summed E-state index contributed by atoms with van der Waals surface area (Å²) in [5, 5.41) is 6.71. The van der Waals surface area contributed by atoms with Gasteiger partial charge in [0.25, 0.3) is 0 Å². The number of nitrogens with one attached hydrogen (secondary N) is 2. The van der Waals surface area contributed by atoms with Gasteiger partial charge in [-0.2, -0.15) is 0 Å². The summed E-state index contributed by atoms with van der Waals surface area (Å²) in [5.41, 5.74) is 1.11. The first-order chi connectivity index (χ1) is 12.8. The minimum absolute atomic E-state index is 0.606. The van der Waals surface area contributed by atoms with Crippen molar-refractivity contribution in [3.63, 3.8) is 0 Å². The van der Waals surface area contributed by atoms with Crippen LogP contribution in [0.25, 0.3) is 0 Å². The van der Waals surface area contributed by atoms with E-state index >= 15 is 0 Å². The zero-order chi connectivity index (χ0) is 18.0. The maximum Gasteiger partial charge on any atom is 0.213 e. The molecule has 1 saturated carbocycles. The van der Waals surface area contributed by atoms with Gasteiger partial charge in [-0.1, -0.05) is 0 Å². The molecule has 7 heteroatoms. The highest BCUT2D eigenvalue weighted by Gasteiger charge is 2.22. The van der Waals surface area contributed by atoms with Crippen LogP contribution in [0.4, 0.5) is 0 Å². The first-order valence-corrected chi connectivity index (χ1v) is 9.73. The Kier molecular flexibility index (Phi) is 7.51. The fraction of sp³-hybridized carbons (Fsp3) is 0.684. The number of pyridine rings is 1. The lowest BCUT2D eigenvalue weighted by Crippen LogP contribution is -2.44. The lowest BCUT2D eigenvalue weighted by atomic mass is 10.3. The predicted octanol–water partition coefficient (Wildman–Crippen LogP) is 1.26. The third-order valence-corrected chi connectivity index (χ3v) is 4.55. The molecule has 7 nitrogen and oxygen atoms in total. The number of aliphatic imine (C=N–C) groups is 1. The van der Waals surface area contributed by atoms with Gasteiger partial charge in [-0.3, -0.25) is 4.90 Å². The quantitative estimate of drug-likeness (QED) is 0.510. The Hall–Kier alpha value is -1.86. The van der Waals surface area contributed by atoms with E-state index in [-0.39, 0.29) is 0 Å². The van der Waals surface area contributed by atoms with Crippen molar-refractivity contribution in [1.82, 2.24) is 20.5 Å². The second-order valence-electron chi connectivity index (χ2n) is 6.83. The standard InChI is InChI=1S/C19H31N5O2/c1-2-20-19(22-7-8-24-9-11-25-12-10-24)23-14-17-5-6-21-18(13-17)26-15-16-3-4-16/h5-6,13,16H,2-4,7-12,14-15H2,1H3,(H2,20,22,23). The molecule has 0 radical (unpaired) electrons. The SMILES string of the molecule is CCNC(=NCc1ccnc(OCC2CC2)c1)NCCN1CCOCC1. The van der Waals surface area contributed by atoms with Crippen LogP contribution in [0.5, 0.6) is 5.88 Å². The van der Waals surface area contributed by atoms with E-state index in [1.165, 1.54) is 12.8 Å². The molecule has 2 fully saturated rings. The number of morpholine rings is 1. The molecular formula is C19H31N5O2. The zero-order valence-corrected chi connectivity index (χ0v) is 15.7. The van der Waals surface area contributed by atoms with Gasteiger partial charge in [-0.05, 0) is 37.3 Å². The Morgan fingerprint density at radius 3 is 2.96 bits per heavy atom. The van der Waals surface area contributed by atoms with Gasteiger partial charge < -0.3 is 20.1 Å². The summed E-state index contributed by atoms with van der Waals surface area (Å²) in [5.74, 6) is 2.28. The second-order valence-corrected chi connectivity index (χ2v) is 6.83. The molecule has 1 aromatic heterocycles. The topological polar surface area (TPSA) is 71.0 Å². The van der Waals surface area contributed by atoms with E-state index < -0.39 is 0 Å². The Morgan fingerprint density at radius 1 is 1.35 bits per heavy atom. The Balaban J connectivity index is 1.45. The van der Waals surface area contributed by atoms with Crippen molar-refractivity contribution >= 4 is 5.96 Å². The molecule has 144 valence electrons. The number of guanidine groups is 1. The van der Waals surface area contributed by atoms with E-state index in [0.29, 0.717) is 12.4 Å². The summed E-state index contributed by atoms with van der Waals surface area (Å²) in [4.78, 5) is 11.4. The smallest absolute Gasteiger partial charge is 0.213 e. The lowest BCUT2D eigenvalue weighted by Gasteiger charge is -2.26. The summed E-state index contributed by atoms with van der Waals surface area (Å²) in [7, 11) is 0. The summed E-state index contributed by atoms with van der Waals surface area (Å²) in [6.07, 6.45) is 4.37. The predicted molar refractivity (Wildman–Crippen MR) is 103 cm³/mol. The average molecular weight is 361 g/mol. The van der Waals surface area contributed by atoms with Gasteiger partial charge in [0.15, 0.2) is 5.96 Å². The molecule has 2 N–H and O–H groups in total. The van der Waals surface area contributed by atoms with E-state index in [2.05, 4.69) is 32.4 Å². The van der Waals surface area contributed by atoms with E-state index in [4.69, 9.17) is 9.47 Å². The Labute approximate surface area is 156 Å². The fourth-order valence-corrected chi connectivity index (χ4v) is 2.78. The van der Waals surface area contributed by atoms with Crippen molar-refractivity contribution in [1.29, 1.82) is 0 Å². The first-order valence-electron chi connectivity index (χ1n) is 9.73. The second kappa shape index (κ2) is 10.3. The molecule has 0 atom stereocenters. The summed E-state index contributed by atoms with van der Waals surface area (Å²) >= 11 is 0. The highest BCUT2D eigenvalue weighted by atomic mass is 16.5. The molecule has 2 aliphatic rings. The van der Waals surface area contributed by atoms with Crippen LogP contribution in [0.15, 0.2) is 23.3 Å². The highest BCUT2D eigenvalue weighted by Crippen LogP contribution is 2.29. The van der Waals surface area contributed by atoms with Crippen molar-refractivity contribution in [2.75, 3.05) is 52.5 Å². The molecule has 0 aromatic carbocycles. The number of nitrogens with zero attached hydrogens (tertiary/aromatic N) is 3. The molecule has 1 aromatic rings. The van der Waals surface area contributed by atoms with E-state index in [1.807, 2.05) is 12.1 Å². The fourth-order valence-electron chi connectivity index (χ4n) is 2.78. The van der Waals surface area contributed by atoms with Gasteiger partial charge in [-0.15, -0.1) is 0 Å². The molecule has 3 rings (SSSR count). The normalized spacial score (nSPS) is 18.6. The molecule has 1 aliphatic heterocycles. The minimum Gasteiger partial charge on any atom is -0.477 e. The van der Waals surface area contributed by atoms with Gasteiger partial charge in [0.1, 0.15) is 0 Å². The molecule has 1 aliphatic carbocycles. The number of hydrogen-bond acceptors (Lipinski definition) is 5. The third kappa shape index (κ3) is 6.80. The van der Waals surface area contributed by atoms with Gasteiger partial charge in [0, 0.05) is 45.0 Å². The van der Waals surface area contributed by atoms with Crippen LogP contribution in [-0.2, 0) is 11.3 Å². The third-order valence-electron chi connectivity index (χ3n) is 4.55. The van der Waals surface area contributed by atoms with E-state index in [9.17, 15) is 0 Å². The molecule has 26 heavy (non-hydrogen) atoms. The van der Waals surface area contributed by atoms with Gasteiger partial charge in [0.05, 0.1) is 26.4 Å². The molecule has 0 amide bonds. The number of rotatable bonds is 9. The van der Waals surface area contributed by atoms with Crippen LogP contribution in [0.3, 0.4) is 0 Å². The van der Waals surface area contributed by atoms with Gasteiger partial charge >= 0.3 is 0 Å². The lowest BCUT2D eigenvalue weighted by molar-refractivity contribution is 0.0389. The first kappa shape index (κ1) is 18.9. The maximum absolute atomic E-state index is 5.75. The molecule has 0 unspecified atom stereocenters. The van der Waals surface area contributed by atoms with E-state index in [0.717, 1.165) is 70.0 Å².